The predicted octanol–water partition coefficient (Wildman–Crippen LogP) is 4.15. The molecule has 1 amide bonds. The molecule has 2 aromatic heterocycles. The lowest BCUT2D eigenvalue weighted by Crippen LogP contribution is -2.48. The van der Waals surface area contributed by atoms with Gasteiger partial charge >= 0.3 is 0 Å². The van der Waals surface area contributed by atoms with Gasteiger partial charge in [0.2, 0.25) is 0 Å². The Morgan fingerprint density at radius 1 is 0.970 bits per heavy atom. The van der Waals surface area contributed by atoms with Crippen LogP contribution >= 0.6 is 11.3 Å². The third kappa shape index (κ3) is 5.18. The number of carbonyl (C=O) groups is 1. The summed E-state index contributed by atoms with van der Waals surface area (Å²) < 4.78 is 15.1. The number of hydrogen-bond donors (Lipinski definition) is 0. The molecule has 0 radical (unpaired) electrons. The molecule has 4 aromatic rings. The molecule has 0 saturated carbocycles. The highest BCUT2D eigenvalue weighted by Gasteiger charge is 2.23. The number of imidazole rings is 1. The van der Waals surface area contributed by atoms with Crippen LogP contribution in [0.4, 0.5) is 4.39 Å². The zero-order valence-electron chi connectivity index (χ0n) is 18.1. The molecule has 0 N–H and O–H groups in total. The van der Waals surface area contributed by atoms with Gasteiger partial charge in [0.05, 0.1) is 18.6 Å². The van der Waals surface area contributed by atoms with Crippen LogP contribution in [-0.4, -0.2) is 56.4 Å². The Balaban J connectivity index is 1.13. The molecule has 33 heavy (non-hydrogen) atoms. The summed E-state index contributed by atoms with van der Waals surface area (Å²) in [6, 6.07) is 14.2. The summed E-state index contributed by atoms with van der Waals surface area (Å²) in [4.78, 5) is 25.9. The molecule has 0 atom stereocenters. The van der Waals surface area contributed by atoms with E-state index in [1.807, 2.05) is 45.3 Å². The maximum atomic E-state index is 13.1. The van der Waals surface area contributed by atoms with Gasteiger partial charge in [0, 0.05) is 61.6 Å². The first-order chi connectivity index (χ1) is 16.1. The quantitative estimate of drug-likeness (QED) is 0.433. The van der Waals surface area contributed by atoms with Gasteiger partial charge in [-0.1, -0.05) is 12.1 Å². The zero-order chi connectivity index (χ0) is 22.6. The monoisotopic (exact) mass is 461 g/mol. The maximum absolute atomic E-state index is 13.1. The van der Waals surface area contributed by atoms with E-state index in [2.05, 4.69) is 9.88 Å². The smallest absolute Gasteiger partial charge is 0.253 e. The number of amides is 1. The van der Waals surface area contributed by atoms with Crippen molar-refractivity contribution in [3.05, 3.63) is 94.6 Å². The van der Waals surface area contributed by atoms with E-state index in [0.29, 0.717) is 13.1 Å². The van der Waals surface area contributed by atoms with Gasteiger partial charge in [-0.15, -0.1) is 11.3 Å². The van der Waals surface area contributed by atoms with Gasteiger partial charge in [-0.2, -0.15) is 0 Å². The third-order valence-corrected chi connectivity index (χ3v) is 6.67. The summed E-state index contributed by atoms with van der Waals surface area (Å²) >= 11 is 1.62. The number of hydrogen-bond acceptors (Lipinski definition) is 5. The van der Waals surface area contributed by atoms with Crippen molar-refractivity contribution in [1.82, 2.24) is 24.3 Å². The van der Waals surface area contributed by atoms with E-state index in [9.17, 15) is 9.18 Å². The molecule has 3 heterocycles. The highest BCUT2D eigenvalue weighted by molar-refractivity contribution is 7.09. The van der Waals surface area contributed by atoms with Gasteiger partial charge in [0.15, 0.2) is 0 Å². The van der Waals surface area contributed by atoms with Crippen LogP contribution in [0.25, 0.3) is 11.3 Å². The number of benzene rings is 2. The second kappa shape index (κ2) is 9.64. The second-order valence-electron chi connectivity index (χ2n) is 8.13. The van der Waals surface area contributed by atoms with Gasteiger partial charge in [-0.05, 0) is 42.0 Å². The molecule has 5 rings (SSSR count). The van der Waals surface area contributed by atoms with E-state index < -0.39 is 0 Å². The van der Waals surface area contributed by atoms with Crippen molar-refractivity contribution in [2.24, 2.45) is 0 Å². The van der Waals surface area contributed by atoms with Crippen molar-refractivity contribution in [3.8, 4) is 11.3 Å². The highest BCUT2D eigenvalue weighted by Crippen LogP contribution is 2.23. The van der Waals surface area contributed by atoms with Gasteiger partial charge in [-0.3, -0.25) is 9.69 Å². The summed E-state index contributed by atoms with van der Waals surface area (Å²) in [6.45, 7) is 4.53. The van der Waals surface area contributed by atoms with E-state index in [4.69, 9.17) is 4.98 Å². The fourth-order valence-electron chi connectivity index (χ4n) is 3.96. The number of nitrogens with zero attached hydrogens (tertiary/aromatic N) is 5. The average molecular weight is 462 g/mol. The van der Waals surface area contributed by atoms with Crippen LogP contribution in [0.3, 0.4) is 0 Å². The van der Waals surface area contributed by atoms with E-state index >= 15 is 0 Å². The molecule has 1 saturated heterocycles. The van der Waals surface area contributed by atoms with Crippen LogP contribution in [0.5, 0.6) is 0 Å². The van der Waals surface area contributed by atoms with Crippen molar-refractivity contribution in [3.63, 3.8) is 0 Å². The molecule has 0 aliphatic carbocycles. The highest BCUT2D eigenvalue weighted by atomic mass is 32.1. The molecule has 0 spiro atoms. The normalized spacial score (nSPS) is 14.5. The molecular weight excluding hydrogens is 437 g/mol. The van der Waals surface area contributed by atoms with Gasteiger partial charge in [-0.25, -0.2) is 14.4 Å². The Morgan fingerprint density at radius 2 is 1.73 bits per heavy atom. The SMILES string of the molecule is O=C(c1ccc(Cn2ccnc2)cc1)N1CCN(Cc2nc(-c3ccc(F)cc3)cs2)CC1. The number of halogens is 1. The van der Waals surface area contributed by atoms with Crippen LogP contribution in [0.15, 0.2) is 72.6 Å². The van der Waals surface area contributed by atoms with Crippen LogP contribution in [0, 0.1) is 5.82 Å². The van der Waals surface area contributed by atoms with E-state index in [0.717, 1.165) is 53.6 Å². The molecule has 1 aliphatic rings. The molecule has 6 nitrogen and oxygen atoms in total. The standard InChI is InChI=1S/C25H24FN5OS/c26-22-7-5-20(6-8-22)23-17-33-24(28-23)16-29-11-13-31(14-12-29)25(32)21-3-1-19(2-4-21)15-30-10-9-27-18-30/h1-10,17-18H,11-16H2. The summed E-state index contributed by atoms with van der Waals surface area (Å²) in [5.41, 5.74) is 3.66. The lowest BCUT2D eigenvalue weighted by molar-refractivity contribution is 0.0628. The second-order valence-corrected chi connectivity index (χ2v) is 9.08. The Morgan fingerprint density at radius 3 is 2.42 bits per heavy atom. The number of piperazine rings is 1. The van der Waals surface area contributed by atoms with Crippen LogP contribution in [0.1, 0.15) is 20.9 Å². The number of aromatic nitrogens is 3. The number of rotatable bonds is 6. The van der Waals surface area contributed by atoms with E-state index in [-0.39, 0.29) is 11.7 Å². The summed E-state index contributed by atoms with van der Waals surface area (Å²) in [7, 11) is 0. The number of thiazole rings is 1. The minimum Gasteiger partial charge on any atom is -0.336 e. The van der Waals surface area contributed by atoms with Gasteiger partial charge < -0.3 is 9.47 Å². The lowest BCUT2D eigenvalue weighted by atomic mass is 10.1. The molecular formula is C25H24FN5OS. The maximum Gasteiger partial charge on any atom is 0.253 e. The van der Waals surface area contributed by atoms with Crippen LogP contribution in [0.2, 0.25) is 0 Å². The molecule has 0 unspecified atom stereocenters. The fourth-order valence-corrected chi connectivity index (χ4v) is 4.81. The molecule has 2 aromatic carbocycles. The Kier molecular flexibility index (Phi) is 6.28. The first kappa shape index (κ1) is 21.5. The summed E-state index contributed by atoms with van der Waals surface area (Å²) in [5.74, 6) is -0.163. The van der Waals surface area contributed by atoms with Crippen LogP contribution in [-0.2, 0) is 13.1 Å². The Labute approximate surface area is 195 Å². The third-order valence-electron chi connectivity index (χ3n) is 5.84. The molecule has 168 valence electrons. The zero-order valence-corrected chi connectivity index (χ0v) is 18.9. The minimum atomic E-state index is -0.243. The molecule has 8 heteroatoms. The van der Waals surface area contributed by atoms with Crippen molar-refractivity contribution >= 4 is 17.2 Å². The summed E-state index contributed by atoms with van der Waals surface area (Å²) in [6.07, 6.45) is 5.47. The number of carbonyl (C=O) groups excluding carboxylic acids is 1. The largest absolute Gasteiger partial charge is 0.336 e. The van der Waals surface area contributed by atoms with Crippen molar-refractivity contribution in [1.29, 1.82) is 0 Å². The van der Waals surface area contributed by atoms with E-state index in [1.165, 1.54) is 12.1 Å². The lowest BCUT2D eigenvalue weighted by Gasteiger charge is -2.34. The summed E-state index contributed by atoms with van der Waals surface area (Å²) in [5, 5.41) is 3.04. The minimum absolute atomic E-state index is 0.0803. The van der Waals surface area contributed by atoms with Crippen molar-refractivity contribution in [2.45, 2.75) is 13.1 Å². The van der Waals surface area contributed by atoms with Gasteiger partial charge in [0.25, 0.3) is 5.91 Å². The predicted molar refractivity (Wildman–Crippen MR) is 126 cm³/mol. The fraction of sp³-hybridized carbons (Fsp3) is 0.240. The Bertz CT molecular complexity index is 1200. The van der Waals surface area contributed by atoms with Gasteiger partial charge in [0.1, 0.15) is 10.8 Å². The van der Waals surface area contributed by atoms with Crippen molar-refractivity contribution in [2.75, 3.05) is 26.2 Å². The first-order valence-corrected chi connectivity index (χ1v) is 11.8. The first-order valence-electron chi connectivity index (χ1n) is 10.9. The van der Waals surface area contributed by atoms with Crippen molar-refractivity contribution < 1.29 is 9.18 Å². The Hall–Kier alpha value is -3.36. The molecule has 1 fully saturated rings. The molecule has 1 aliphatic heterocycles. The van der Waals surface area contributed by atoms with Crippen LogP contribution < -0.4 is 0 Å². The molecule has 0 bridgehead atoms. The average Bonchev–Trinajstić information content (AvgIpc) is 3.53. The van der Waals surface area contributed by atoms with E-state index in [1.54, 1.807) is 36.0 Å². The topological polar surface area (TPSA) is 54.3 Å².